The minimum absolute atomic E-state index is 0.211. The second kappa shape index (κ2) is 16.0. The Morgan fingerprint density at radius 3 is 1.58 bits per heavy atom. The van der Waals surface area contributed by atoms with Crippen LogP contribution in [0.1, 0.15) is 90.9 Å². The number of aliphatic hydroxyl groups is 1. The molecule has 0 rings (SSSR count). The standard InChI is InChI=1S/C17H37NO/c1-3-4-5-6-7-8-9-10-11-12-13-14-15-18-16-17(2)19/h17-19H,3-16H2,1-2H3. The van der Waals surface area contributed by atoms with Crippen molar-refractivity contribution in [3.63, 3.8) is 0 Å². The van der Waals surface area contributed by atoms with E-state index in [-0.39, 0.29) is 6.10 Å². The van der Waals surface area contributed by atoms with Gasteiger partial charge >= 0.3 is 0 Å². The fraction of sp³-hybridized carbons (Fsp3) is 1.00. The minimum atomic E-state index is -0.211. The first-order valence-corrected chi connectivity index (χ1v) is 8.66. The van der Waals surface area contributed by atoms with Gasteiger partial charge in [0, 0.05) is 6.54 Å². The Morgan fingerprint density at radius 1 is 0.737 bits per heavy atom. The number of unbranched alkanes of at least 4 members (excludes halogenated alkanes) is 11. The normalized spacial score (nSPS) is 12.8. The van der Waals surface area contributed by atoms with Crippen molar-refractivity contribution in [2.24, 2.45) is 0 Å². The molecule has 0 aliphatic carbocycles. The minimum Gasteiger partial charge on any atom is -0.392 e. The molecule has 0 aliphatic rings. The zero-order valence-electron chi connectivity index (χ0n) is 13.4. The van der Waals surface area contributed by atoms with Crippen LogP contribution in [0.2, 0.25) is 0 Å². The average Bonchev–Trinajstić information content (AvgIpc) is 2.39. The first-order chi connectivity index (χ1) is 9.27. The highest BCUT2D eigenvalue weighted by atomic mass is 16.3. The van der Waals surface area contributed by atoms with Gasteiger partial charge in [-0.05, 0) is 19.9 Å². The maximum Gasteiger partial charge on any atom is 0.0636 e. The number of aliphatic hydroxyl groups excluding tert-OH is 1. The zero-order chi connectivity index (χ0) is 14.2. The fourth-order valence-corrected chi connectivity index (χ4v) is 2.40. The molecular weight excluding hydrogens is 234 g/mol. The van der Waals surface area contributed by atoms with Crippen molar-refractivity contribution in [3.05, 3.63) is 0 Å². The molecule has 116 valence electrons. The maximum atomic E-state index is 9.08. The third-order valence-corrected chi connectivity index (χ3v) is 3.65. The smallest absolute Gasteiger partial charge is 0.0636 e. The van der Waals surface area contributed by atoms with Crippen LogP contribution in [0.5, 0.6) is 0 Å². The molecule has 19 heavy (non-hydrogen) atoms. The Kier molecular flexibility index (Phi) is 15.9. The van der Waals surface area contributed by atoms with E-state index in [9.17, 15) is 0 Å². The van der Waals surface area contributed by atoms with Gasteiger partial charge in [-0.25, -0.2) is 0 Å². The summed E-state index contributed by atoms with van der Waals surface area (Å²) in [6.45, 7) is 5.90. The number of rotatable bonds is 15. The second-order valence-corrected chi connectivity index (χ2v) is 5.94. The highest BCUT2D eigenvalue weighted by molar-refractivity contribution is 4.53. The van der Waals surface area contributed by atoms with Gasteiger partial charge in [0.2, 0.25) is 0 Å². The molecule has 0 heterocycles. The van der Waals surface area contributed by atoms with Crippen molar-refractivity contribution in [3.8, 4) is 0 Å². The first kappa shape index (κ1) is 18.9. The van der Waals surface area contributed by atoms with E-state index in [1.54, 1.807) is 0 Å². The highest BCUT2D eigenvalue weighted by Gasteiger charge is 1.95. The summed E-state index contributed by atoms with van der Waals surface area (Å²) in [5, 5.41) is 12.4. The van der Waals surface area contributed by atoms with E-state index >= 15 is 0 Å². The molecule has 0 fully saturated rings. The molecule has 0 spiro atoms. The van der Waals surface area contributed by atoms with E-state index in [0.717, 1.165) is 13.1 Å². The molecule has 0 saturated heterocycles. The van der Waals surface area contributed by atoms with Gasteiger partial charge in [-0.15, -0.1) is 0 Å². The van der Waals surface area contributed by atoms with Gasteiger partial charge in [0.05, 0.1) is 6.10 Å². The molecule has 0 saturated carbocycles. The maximum absolute atomic E-state index is 9.08. The summed E-state index contributed by atoms with van der Waals surface area (Å²) >= 11 is 0. The van der Waals surface area contributed by atoms with E-state index in [1.165, 1.54) is 77.0 Å². The van der Waals surface area contributed by atoms with Crippen molar-refractivity contribution >= 4 is 0 Å². The van der Waals surface area contributed by atoms with Gasteiger partial charge in [0.15, 0.2) is 0 Å². The van der Waals surface area contributed by atoms with Crippen molar-refractivity contribution in [1.29, 1.82) is 0 Å². The largest absolute Gasteiger partial charge is 0.392 e. The summed E-state index contributed by atoms with van der Waals surface area (Å²) in [5.74, 6) is 0. The van der Waals surface area contributed by atoms with Gasteiger partial charge in [-0.3, -0.25) is 0 Å². The van der Waals surface area contributed by atoms with Gasteiger partial charge < -0.3 is 10.4 Å². The van der Waals surface area contributed by atoms with Crippen LogP contribution in [0.4, 0.5) is 0 Å². The molecular formula is C17H37NO. The summed E-state index contributed by atoms with van der Waals surface area (Å²) in [6, 6.07) is 0. The van der Waals surface area contributed by atoms with Crippen LogP contribution in [0, 0.1) is 0 Å². The van der Waals surface area contributed by atoms with Gasteiger partial charge in [-0.1, -0.05) is 77.6 Å². The third-order valence-electron chi connectivity index (χ3n) is 3.65. The Morgan fingerprint density at radius 2 is 1.16 bits per heavy atom. The Labute approximate surface area is 121 Å². The number of nitrogens with one attached hydrogen (secondary N) is 1. The summed E-state index contributed by atoms with van der Waals surface area (Å²) in [4.78, 5) is 0. The van der Waals surface area contributed by atoms with Crippen LogP contribution in [0.3, 0.4) is 0 Å². The van der Waals surface area contributed by atoms with Gasteiger partial charge in [-0.2, -0.15) is 0 Å². The molecule has 1 unspecified atom stereocenters. The second-order valence-electron chi connectivity index (χ2n) is 5.94. The molecule has 0 aromatic heterocycles. The van der Waals surface area contributed by atoms with Crippen molar-refractivity contribution in [2.45, 2.75) is 97.0 Å². The van der Waals surface area contributed by atoms with E-state index in [2.05, 4.69) is 12.2 Å². The van der Waals surface area contributed by atoms with Crippen molar-refractivity contribution in [1.82, 2.24) is 5.32 Å². The molecule has 0 aromatic carbocycles. The SMILES string of the molecule is CCCCCCCCCCCCCCNCC(C)O. The summed E-state index contributed by atoms with van der Waals surface area (Å²) in [5.41, 5.74) is 0. The van der Waals surface area contributed by atoms with Crippen LogP contribution in [-0.4, -0.2) is 24.3 Å². The van der Waals surface area contributed by atoms with Gasteiger partial charge in [0.1, 0.15) is 0 Å². The Bertz CT molecular complexity index is 159. The van der Waals surface area contributed by atoms with Gasteiger partial charge in [0.25, 0.3) is 0 Å². The Hall–Kier alpha value is -0.0800. The molecule has 0 aliphatic heterocycles. The molecule has 1 atom stereocenters. The first-order valence-electron chi connectivity index (χ1n) is 8.66. The van der Waals surface area contributed by atoms with Crippen molar-refractivity contribution < 1.29 is 5.11 Å². The molecule has 0 aromatic rings. The van der Waals surface area contributed by atoms with E-state index in [1.807, 2.05) is 6.92 Å². The summed E-state index contributed by atoms with van der Waals surface area (Å²) in [7, 11) is 0. The molecule has 2 heteroatoms. The summed E-state index contributed by atoms with van der Waals surface area (Å²) in [6.07, 6.45) is 16.6. The zero-order valence-corrected chi connectivity index (χ0v) is 13.4. The molecule has 2 nitrogen and oxygen atoms in total. The average molecular weight is 271 g/mol. The molecule has 2 N–H and O–H groups in total. The monoisotopic (exact) mass is 271 g/mol. The number of hydrogen-bond acceptors (Lipinski definition) is 2. The third kappa shape index (κ3) is 17.9. The van der Waals surface area contributed by atoms with E-state index in [0.29, 0.717) is 0 Å². The van der Waals surface area contributed by atoms with Crippen LogP contribution >= 0.6 is 0 Å². The lowest BCUT2D eigenvalue weighted by atomic mass is 10.1. The molecule has 0 bridgehead atoms. The van der Waals surface area contributed by atoms with E-state index in [4.69, 9.17) is 5.11 Å². The Balaban J connectivity index is 2.91. The topological polar surface area (TPSA) is 32.3 Å². The highest BCUT2D eigenvalue weighted by Crippen LogP contribution is 2.11. The lowest BCUT2D eigenvalue weighted by Gasteiger charge is -2.06. The molecule has 0 radical (unpaired) electrons. The van der Waals surface area contributed by atoms with Crippen LogP contribution in [0.15, 0.2) is 0 Å². The number of hydrogen-bond donors (Lipinski definition) is 2. The predicted molar refractivity (Wildman–Crippen MR) is 85.6 cm³/mol. The van der Waals surface area contributed by atoms with Crippen molar-refractivity contribution in [2.75, 3.05) is 13.1 Å². The lowest BCUT2D eigenvalue weighted by Crippen LogP contribution is -2.25. The summed E-state index contributed by atoms with van der Waals surface area (Å²) < 4.78 is 0. The van der Waals surface area contributed by atoms with Crippen LogP contribution in [0.25, 0.3) is 0 Å². The van der Waals surface area contributed by atoms with Crippen LogP contribution < -0.4 is 5.32 Å². The van der Waals surface area contributed by atoms with E-state index < -0.39 is 0 Å². The predicted octanol–water partition coefficient (Wildman–Crippen LogP) is 4.66. The van der Waals surface area contributed by atoms with Crippen LogP contribution in [-0.2, 0) is 0 Å². The lowest BCUT2D eigenvalue weighted by molar-refractivity contribution is 0.191. The quantitative estimate of drug-likeness (QED) is 0.425. The molecule has 0 amide bonds. The fourth-order valence-electron chi connectivity index (χ4n) is 2.40.